The van der Waals surface area contributed by atoms with Crippen LogP contribution in [0.3, 0.4) is 0 Å². The maximum Gasteiger partial charge on any atom is 0.204 e. The summed E-state index contributed by atoms with van der Waals surface area (Å²) in [5.41, 5.74) is 0.864. The van der Waals surface area contributed by atoms with E-state index in [4.69, 9.17) is 28.3 Å². The first-order valence-corrected chi connectivity index (χ1v) is 6.06. The SMILES string of the molecule is CCC(CCO)NCc1c(Cl)nc(Cl)n1C. The topological polar surface area (TPSA) is 50.1 Å². The molecule has 1 aromatic heterocycles. The first kappa shape index (κ1) is 13.8. The van der Waals surface area contributed by atoms with Crippen LogP contribution in [0, 0.1) is 0 Å². The highest BCUT2D eigenvalue weighted by Gasteiger charge is 2.13. The largest absolute Gasteiger partial charge is 0.396 e. The third-order valence-corrected chi connectivity index (χ3v) is 3.28. The molecule has 16 heavy (non-hydrogen) atoms. The van der Waals surface area contributed by atoms with Gasteiger partial charge in [-0.25, -0.2) is 4.98 Å². The number of nitrogens with zero attached hydrogens (tertiary/aromatic N) is 2. The van der Waals surface area contributed by atoms with Crippen molar-refractivity contribution in [2.75, 3.05) is 6.61 Å². The Balaban J connectivity index is 2.59. The molecule has 0 amide bonds. The molecule has 92 valence electrons. The van der Waals surface area contributed by atoms with E-state index < -0.39 is 0 Å². The van der Waals surface area contributed by atoms with Crippen molar-refractivity contribution in [3.8, 4) is 0 Å². The Labute approximate surface area is 106 Å². The minimum Gasteiger partial charge on any atom is -0.396 e. The molecule has 0 saturated carbocycles. The molecule has 1 unspecified atom stereocenters. The molecular formula is C10H17Cl2N3O. The number of nitrogens with one attached hydrogen (secondary N) is 1. The van der Waals surface area contributed by atoms with Gasteiger partial charge >= 0.3 is 0 Å². The van der Waals surface area contributed by atoms with Gasteiger partial charge in [0.15, 0.2) is 5.15 Å². The predicted octanol–water partition coefficient (Wildman–Crippen LogP) is 1.98. The van der Waals surface area contributed by atoms with Gasteiger partial charge in [-0.2, -0.15) is 0 Å². The summed E-state index contributed by atoms with van der Waals surface area (Å²) in [4.78, 5) is 3.96. The van der Waals surface area contributed by atoms with E-state index in [1.165, 1.54) is 0 Å². The number of aliphatic hydroxyl groups excluding tert-OH is 1. The fourth-order valence-corrected chi connectivity index (χ4v) is 2.01. The Morgan fingerprint density at radius 2 is 2.19 bits per heavy atom. The summed E-state index contributed by atoms with van der Waals surface area (Å²) in [5.74, 6) is 0. The van der Waals surface area contributed by atoms with Crippen molar-refractivity contribution in [1.29, 1.82) is 0 Å². The van der Waals surface area contributed by atoms with Gasteiger partial charge in [-0.15, -0.1) is 0 Å². The third-order valence-electron chi connectivity index (χ3n) is 2.64. The number of halogens is 2. The van der Waals surface area contributed by atoms with Crippen molar-refractivity contribution in [3.05, 3.63) is 16.1 Å². The molecule has 2 N–H and O–H groups in total. The lowest BCUT2D eigenvalue weighted by atomic mass is 10.1. The number of rotatable bonds is 6. The van der Waals surface area contributed by atoms with Gasteiger partial charge in [-0.3, -0.25) is 0 Å². The van der Waals surface area contributed by atoms with Crippen LogP contribution in [0.4, 0.5) is 0 Å². The van der Waals surface area contributed by atoms with Crippen LogP contribution in [-0.2, 0) is 13.6 Å². The Morgan fingerprint density at radius 1 is 1.50 bits per heavy atom. The highest BCUT2D eigenvalue weighted by Crippen LogP contribution is 2.19. The van der Waals surface area contributed by atoms with Crippen LogP contribution >= 0.6 is 23.2 Å². The first-order valence-electron chi connectivity index (χ1n) is 5.31. The molecule has 6 heteroatoms. The molecule has 0 bridgehead atoms. The zero-order chi connectivity index (χ0) is 12.1. The van der Waals surface area contributed by atoms with E-state index in [1.54, 1.807) is 4.57 Å². The normalized spacial score (nSPS) is 13.1. The Morgan fingerprint density at radius 3 is 2.62 bits per heavy atom. The van der Waals surface area contributed by atoms with Crippen molar-refractivity contribution >= 4 is 23.2 Å². The van der Waals surface area contributed by atoms with Crippen LogP contribution in [0.5, 0.6) is 0 Å². The molecule has 0 saturated heterocycles. The lowest BCUT2D eigenvalue weighted by Crippen LogP contribution is -2.29. The molecule has 1 atom stereocenters. The Kier molecular flexibility index (Phi) is 5.55. The van der Waals surface area contributed by atoms with Gasteiger partial charge < -0.3 is 15.0 Å². The number of aliphatic hydroxyl groups is 1. The van der Waals surface area contributed by atoms with E-state index in [1.807, 2.05) is 7.05 Å². The standard InChI is InChI=1S/C10H17Cl2N3O/c1-3-7(4-5-16)13-6-8-9(11)14-10(12)15(8)2/h7,13,16H,3-6H2,1-2H3. The highest BCUT2D eigenvalue weighted by atomic mass is 35.5. The van der Waals surface area contributed by atoms with Gasteiger partial charge in [0.2, 0.25) is 5.28 Å². The van der Waals surface area contributed by atoms with E-state index in [-0.39, 0.29) is 12.6 Å². The quantitative estimate of drug-likeness (QED) is 0.827. The molecular weight excluding hydrogens is 249 g/mol. The second-order valence-corrected chi connectivity index (χ2v) is 4.37. The molecule has 1 heterocycles. The molecule has 1 aromatic rings. The van der Waals surface area contributed by atoms with Gasteiger partial charge in [0.25, 0.3) is 0 Å². The number of aromatic nitrogens is 2. The molecule has 0 aliphatic rings. The van der Waals surface area contributed by atoms with Gasteiger partial charge in [-0.05, 0) is 24.4 Å². The van der Waals surface area contributed by atoms with Crippen LogP contribution in [-0.4, -0.2) is 27.3 Å². The minimum atomic E-state index is 0.186. The highest BCUT2D eigenvalue weighted by molar-refractivity contribution is 6.32. The van der Waals surface area contributed by atoms with E-state index in [9.17, 15) is 0 Å². The zero-order valence-corrected chi connectivity index (χ0v) is 11.0. The number of hydrogen-bond donors (Lipinski definition) is 2. The molecule has 4 nitrogen and oxygen atoms in total. The maximum absolute atomic E-state index is 8.87. The fraction of sp³-hybridized carbons (Fsp3) is 0.700. The Bertz CT molecular complexity index is 341. The number of imidazole rings is 1. The minimum absolute atomic E-state index is 0.186. The average Bonchev–Trinajstić information content (AvgIpc) is 2.49. The Hall–Kier alpha value is -0.290. The number of hydrogen-bond acceptors (Lipinski definition) is 3. The lowest BCUT2D eigenvalue weighted by molar-refractivity contribution is 0.261. The molecule has 0 aliphatic carbocycles. The summed E-state index contributed by atoms with van der Waals surface area (Å²) in [5, 5.41) is 13.0. The van der Waals surface area contributed by atoms with E-state index in [0.29, 0.717) is 17.0 Å². The van der Waals surface area contributed by atoms with E-state index in [2.05, 4.69) is 17.2 Å². The van der Waals surface area contributed by atoms with Crippen molar-refractivity contribution in [2.45, 2.75) is 32.4 Å². The molecule has 0 fully saturated rings. The van der Waals surface area contributed by atoms with Gasteiger partial charge in [-0.1, -0.05) is 18.5 Å². The lowest BCUT2D eigenvalue weighted by Gasteiger charge is -2.15. The van der Waals surface area contributed by atoms with Crippen LogP contribution in [0.1, 0.15) is 25.5 Å². The summed E-state index contributed by atoms with van der Waals surface area (Å²) in [6, 6.07) is 0.287. The first-order chi connectivity index (χ1) is 7.60. The van der Waals surface area contributed by atoms with E-state index in [0.717, 1.165) is 18.5 Å². The zero-order valence-electron chi connectivity index (χ0n) is 9.50. The summed E-state index contributed by atoms with van der Waals surface area (Å²) in [6.45, 7) is 2.87. The average molecular weight is 266 g/mol. The summed E-state index contributed by atoms with van der Waals surface area (Å²) >= 11 is 11.8. The van der Waals surface area contributed by atoms with Crippen LogP contribution in [0.2, 0.25) is 10.4 Å². The monoisotopic (exact) mass is 265 g/mol. The fourth-order valence-electron chi connectivity index (χ4n) is 1.51. The van der Waals surface area contributed by atoms with Gasteiger partial charge in [0.05, 0.1) is 5.69 Å². The van der Waals surface area contributed by atoms with Gasteiger partial charge in [0, 0.05) is 26.2 Å². The molecule has 0 spiro atoms. The third kappa shape index (κ3) is 3.35. The molecule has 1 rings (SSSR count). The van der Waals surface area contributed by atoms with Crippen molar-refractivity contribution in [2.24, 2.45) is 7.05 Å². The second-order valence-electron chi connectivity index (χ2n) is 3.68. The predicted molar refractivity (Wildman–Crippen MR) is 65.8 cm³/mol. The maximum atomic E-state index is 8.87. The molecule has 0 aromatic carbocycles. The summed E-state index contributed by atoms with van der Waals surface area (Å²) in [7, 11) is 1.82. The van der Waals surface area contributed by atoms with Crippen LogP contribution in [0.25, 0.3) is 0 Å². The van der Waals surface area contributed by atoms with Crippen molar-refractivity contribution in [3.63, 3.8) is 0 Å². The van der Waals surface area contributed by atoms with Crippen LogP contribution < -0.4 is 5.32 Å². The van der Waals surface area contributed by atoms with Crippen molar-refractivity contribution in [1.82, 2.24) is 14.9 Å². The van der Waals surface area contributed by atoms with E-state index >= 15 is 0 Å². The summed E-state index contributed by atoms with van der Waals surface area (Å²) in [6.07, 6.45) is 1.70. The summed E-state index contributed by atoms with van der Waals surface area (Å²) < 4.78 is 1.75. The van der Waals surface area contributed by atoms with Gasteiger partial charge in [0.1, 0.15) is 0 Å². The van der Waals surface area contributed by atoms with Crippen molar-refractivity contribution < 1.29 is 5.11 Å². The molecule has 0 aliphatic heterocycles. The second kappa shape index (κ2) is 6.45. The van der Waals surface area contributed by atoms with Crippen LogP contribution in [0.15, 0.2) is 0 Å². The molecule has 0 radical (unpaired) electrons. The smallest absolute Gasteiger partial charge is 0.204 e.